The third kappa shape index (κ3) is 3.95. The first-order valence-corrected chi connectivity index (χ1v) is 7.36. The van der Waals surface area contributed by atoms with Crippen molar-refractivity contribution in [1.29, 1.82) is 0 Å². The molecule has 0 spiro atoms. The Morgan fingerprint density at radius 2 is 2.11 bits per heavy atom. The van der Waals surface area contributed by atoms with Crippen LogP contribution in [-0.4, -0.2) is 31.7 Å². The average molecular weight is 254 g/mol. The van der Waals surface area contributed by atoms with Crippen molar-refractivity contribution in [3.8, 4) is 0 Å². The van der Waals surface area contributed by atoms with Gasteiger partial charge in [-0.1, -0.05) is 12.8 Å². The van der Waals surface area contributed by atoms with E-state index in [4.69, 9.17) is 10.5 Å². The smallest absolute Gasteiger partial charge is 0.220 e. The highest BCUT2D eigenvalue weighted by atomic mass is 16.5. The minimum absolute atomic E-state index is 0.201. The molecule has 104 valence electrons. The summed E-state index contributed by atoms with van der Waals surface area (Å²) in [5.74, 6) is 1.28. The second-order valence-corrected chi connectivity index (χ2v) is 5.72. The maximum Gasteiger partial charge on any atom is 0.220 e. The standard InChI is InChI=1S/C14H26N2O2/c15-9-12-3-1-2-4-13(12)16-14(17)6-5-11-7-8-18-10-11/h11-13H,1-10,15H2,(H,16,17). The number of amides is 1. The normalized spacial score (nSPS) is 32.4. The molecule has 1 heterocycles. The number of rotatable bonds is 5. The Morgan fingerprint density at radius 1 is 1.28 bits per heavy atom. The number of carbonyl (C=O) groups excluding carboxylic acids is 1. The molecule has 2 aliphatic rings. The van der Waals surface area contributed by atoms with Crippen LogP contribution in [0, 0.1) is 11.8 Å². The summed E-state index contributed by atoms with van der Waals surface area (Å²) >= 11 is 0. The predicted octanol–water partition coefficient (Wildman–Crippen LogP) is 1.44. The van der Waals surface area contributed by atoms with Gasteiger partial charge in [-0.15, -0.1) is 0 Å². The van der Waals surface area contributed by atoms with Gasteiger partial charge >= 0.3 is 0 Å². The molecule has 0 radical (unpaired) electrons. The van der Waals surface area contributed by atoms with Gasteiger partial charge in [0.05, 0.1) is 0 Å². The van der Waals surface area contributed by atoms with Crippen LogP contribution in [0.5, 0.6) is 0 Å². The van der Waals surface area contributed by atoms with Crippen LogP contribution >= 0.6 is 0 Å². The van der Waals surface area contributed by atoms with Gasteiger partial charge in [-0.3, -0.25) is 4.79 Å². The van der Waals surface area contributed by atoms with E-state index in [2.05, 4.69) is 5.32 Å². The molecule has 2 rings (SSSR count). The zero-order chi connectivity index (χ0) is 12.8. The first-order chi connectivity index (χ1) is 8.79. The molecule has 3 N–H and O–H groups in total. The number of ether oxygens (including phenoxy) is 1. The lowest BCUT2D eigenvalue weighted by Gasteiger charge is -2.31. The number of carbonyl (C=O) groups is 1. The lowest BCUT2D eigenvalue weighted by molar-refractivity contribution is -0.122. The number of nitrogens with one attached hydrogen (secondary N) is 1. The van der Waals surface area contributed by atoms with Crippen molar-refractivity contribution < 1.29 is 9.53 Å². The first-order valence-electron chi connectivity index (χ1n) is 7.36. The van der Waals surface area contributed by atoms with Gasteiger partial charge in [-0.05, 0) is 44.1 Å². The highest BCUT2D eigenvalue weighted by molar-refractivity contribution is 5.76. The maximum absolute atomic E-state index is 11.9. The van der Waals surface area contributed by atoms with Crippen LogP contribution in [0.2, 0.25) is 0 Å². The summed E-state index contributed by atoms with van der Waals surface area (Å²) in [4.78, 5) is 11.9. The van der Waals surface area contributed by atoms with Gasteiger partial charge in [-0.2, -0.15) is 0 Å². The van der Waals surface area contributed by atoms with Crippen LogP contribution in [0.3, 0.4) is 0 Å². The Bertz CT molecular complexity index is 265. The van der Waals surface area contributed by atoms with Crippen molar-refractivity contribution in [2.75, 3.05) is 19.8 Å². The molecule has 0 aromatic carbocycles. The summed E-state index contributed by atoms with van der Waals surface area (Å²) in [7, 11) is 0. The zero-order valence-corrected chi connectivity index (χ0v) is 11.2. The molecule has 3 unspecified atom stereocenters. The predicted molar refractivity (Wildman–Crippen MR) is 71.1 cm³/mol. The zero-order valence-electron chi connectivity index (χ0n) is 11.2. The van der Waals surface area contributed by atoms with E-state index in [-0.39, 0.29) is 5.91 Å². The Hall–Kier alpha value is -0.610. The second kappa shape index (κ2) is 7.10. The van der Waals surface area contributed by atoms with E-state index in [1.807, 2.05) is 0 Å². The van der Waals surface area contributed by atoms with Gasteiger partial charge in [-0.25, -0.2) is 0 Å². The van der Waals surface area contributed by atoms with Crippen molar-refractivity contribution in [2.24, 2.45) is 17.6 Å². The summed E-state index contributed by atoms with van der Waals surface area (Å²) in [5, 5.41) is 3.18. The molecule has 1 aliphatic heterocycles. The van der Waals surface area contributed by atoms with Gasteiger partial charge in [0, 0.05) is 25.7 Å². The van der Waals surface area contributed by atoms with E-state index >= 15 is 0 Å². The fourth-order valence-corrected chi connectivity index (χ4v) is 3.10. The van der Waals surface area contributed by atoms with E-state index in [9.17, 15) is 4.79 Å². The monoisotopic (exact) mass is 254 g/mol. The van der Waals surface area contributed by atoms with Crippen molar-refractivity contribution >= 4 is 5.91 Å². The number of hydrogen-bond donors (Lipinski definition) is 2. The van der Waals surface area contributed by atoms with Crippen LogP contribution in [0.25, 0.3) is 0 Å². The third-order valence-corrected chi connectivity index (χ3v) is 4.36. The van der Waals surface area contributed by atoms with Gasteiger partial charge in [0.2, 0.25) is 5.91 Å². The van der Waals surface area contributed by atoms with Gasteiger partial charge in [0.25, 0.3) is 0 Å². The summed E-state index contributed by atoms with van der Waals surface area (Å²) in [5.41, 5.74) is 5.78. The van der Waals surface area contributed by atoms with Gasteiger partial charge in [0.15, 0.2) is 0 Å². The molecule has 1 aliphatic carbocycles. The molecule has 1 saturated heterocycles. The van der Waals surface area contributed by atoms with E-state index in [1.165, 1.54) is 12.8 Å². The molecule has 0 aromatic rings. The quantitative estimate of drug-likeness (QED) is 0.780. The molecular weight excluding hydrogens is 228 g/mol. The van der Waals surface area contributed by atoms with Crippen LogP contribution in [-0.2, 0) is 9.53 Å². The molecule has 1 amide bonds. The van der Waals surface area contributed by atoms with E-state index in [0.717, 1.165) is 38.9 Å². The molecule has 2 fully saturated rings. The molecular formula is C14H26N2O2. The average Bonchev–Trinajstić information content (AvgIpc) is 2.90. The van der Waals surface area contributed by atoms with Gasteiger partial charge < -0.3 is 15.8 Å². The lowest BCUT2D eigenvalue weighted by Crippen LogP contribution is -2.44. The minimum Gasteiger partial charge on any atom is -0.381 e. The van der Waals surface area contributed by atoms with Crippen molar-refractivity contribution in [3.05, 3.63) is 0 Å². The molecule has 0 bridgehead atoms. The second-order valence-electron chi connectivity index (χ2n) is 5.72. The summed E-state index contributed by atoms with van der Waals surface area (Å²) in [6.45, 7) is 2.40. The fourth-order valence-electron chi connectivity index (χ4n) is 3.10. The van der Waals surface area contributed by atoms with E-state index < -0.39 is 0 Å². The Labute approximate surface area is 110 Å². The maximum atomic E-state index is 11.9. The fraction of sp³-hybridized carbons (Fsp3) is 0.929. The minimum atomic E-state index is 0.201. The largest absolute Gasteiger partial charge is 0.381 e. The highest BCUT2D eigenvalue weighted by Crippen LogP contribution is 2.24. The lowest BCUT2D eigenvalue weighted by atomic mass is 9.84. The Balaban J connectivity index is 1.68. The molecule has 18 heavy (non-hydrogen) atoms. The summed E-state index contributed by atoms with van der Waals surface area (Å²) in [6, 6.07) is 0.316. The van der Waals surface area contributed by atoms with Crippen LogP contribution in [0.1, 0.15) is 44.9 Å². The SMILES string of the molecule is NCC1CCCCC1NC(=O)CCC1CCOC1. The topological polar surface area (TPSA) is 64.3 Å². The summed E-state index contributed by atoms with van der Waals surface area (Å²) in [6.07, 6.45) is 7.46. The summed E-state index contributed by atoms with van der Waals surface area (Å²) < 4.78 is 5.33. The number of hydrogen-bond acceptors (Lipinski definition) is 3. The molecule has 1 saturated carbocycles. The Kier molecular flexibility index (Phi) is 5.45. The highest BCUT2D eigenvalue weighted by Gasteiger charge is 2.25. The van der Waals surface area contributed by atoms with Crippen molar-refractivity contribution in [2.45, 2.75) is 51.0 Å². The number of nitrogens with two attached hydrogens (primary N) is 1. The molecule has 3 atom stereocenters. The van der Waals surface area contributed by atoms with Crippen molar-refractivity contribution in [1.82, 2.24) is 5.32 Å². The third-order valence-electron chi connectivity index (χ3n) is 4.36. The first kappa shape index (κ1) is 13.8. The molecule has 4 heteroatoms. The Morgan fingerprint density at radius 3 is 2.83 bits per heavy atom. The van der Waals surface area contributed by atoms with E-state index in [0.29, 0.717) is 30.8 Å². The molecule has 0 aromatic heterocycles. The van der Waals surface area contributed by atoms with Crippen LogP contribution in [0.15, 0.2) is 0 Å². The van der Waals surface area contributed by atoms with Crippen molar-refractivity contribution in [3.63, 3.8) is 0 Å². The van der Waals surface area contributed by atoms with Gasteiger partial charge in [0.1, 0.15) is 0 Å². The van der Waals surface area contributed by atoms with Crippen LogP contribution in [0.4, 0.5) is 0 Å². The van der Waals surface area contributed by atoms with Crippen LogP contribution < -0.4 is 11.1 Å². The molecule has 4 nitrogen and oxygen atoms in total. The van der Waals surface area contributed by atoms with E-state index in [1.54, 1.807) is 0 Å².